The number of carbonyl (C=O) groups excluding carboxylic acids is 1. The van der Waals surface area contributed by atoms with E-state index >= 15 is 0 Å². The first-order chi connectivity index (χ1) is 10.7. The molecule has 3 rings (SSSR count). The van der Waals surface area contributed by atoms with E-state index in [1.165, 1.54) is 19.2 Å². The van der Waals surface area contributed by atoms with Crippen molar-refractivity contribution in [2.45, 2.75) is 0 Å². The Kier molecular flexibility index (Phi) is 3.65. The molecule has 1 aromatic heterocycles. The van der Waals surface area contributed by atoms with Gasteiger partial charge in [0.1, 0.15) is 5.82 Å². The maximum atomic E-state index is 12.9. The molecular weight excluding hydrogens is 287 g/mol. The van der Waals surface area contributed by atoms with Crippen LogP contribution in [-0.4, -0.2) is 23.2 Å². The lowest BCUT2D eigenvalue weighted by Crippen LogP contribution is -2.00. The molecule has 22 heavy (non-hydrogen) atoms. The van der Waals surface area contributed by atoms with E-state index in [0.717, 1.165) is 0 Å². The van der Waals surface area contributed by atoms with Gasteiger partial charge in [0.15, 0.2) is 0 Å². The van der Waals surface area contributed by atoms with Crippen molar-refractivity contribution in [2.75, 3.05) is 7.11 Å². The molecule has 2 aromatic carbocycles. The third-order valence-electron chi connectivity index (χ3n) is 3.06. The number of rotatable bonds is 3. The number of hydrogen-bond acceptors (Lipinski definition) is 5. The summed E-state index contributed by atoms with van der Waals surface area (Å²) in [4.78, 5) is 15.8. The number of carbonyl (C=O) groups is 1. The number of methoxy groups -OCH3 is 1. The van der Waals surface area contributed by atoms with Gasteiger partial charge in [0.05, 0.1) is 12.7 Å². The minimum absolute atomic E-state index is 0.269. The predicted octanol–water partition coefficient (Wildman–Crippen LogP) is 3.33. The van der Waals surface area contributed by atoms with Crippen LogP contribution in [0.2, 0.25) is 0 Å². The van der Waals surface area contributed by atoms with Crippen molar-refractivity contribution >= 4 is 5.97 Å². The van der Waals surface area contributed by atoms with E-state index in [2.05, 4.69) is 14.9 Å². The molecule has 0 radical (unpaired) electrons. The van der Waals surface area contributed by atoms with Crippen LogP contribution in [0.1, 0.15) is 10.4 Å². The fourth-order valence-corrected chi connectivity index (χ4v) is 1.95. The van der Waals surface area contributed by atoms with Gasteiger partial charge in [0.2, 0.25) is 5.82 Å². The Labute approximate surface area is 125 Å². The van der Waals surface area contributed by atoms with Crippen LogP contribution in [0.5, 0.6) is 0 Å². The number of benzene rings is 2. The zero-order valence-electron chi connectivity index (χ0n) is 11.6. The molecule has 0 spiro atoms. The Balaban J connectivity index is 1.94. The molecule has 110 valence electrons. The Hall–Kier alpha value is -3.02. The maximum Gasteiger partial charge on any atom is 0.337 e. The second-order valence-electron chi connectivity index (χ2n) is 4.50. The van der Waals surface area contributed by atoms with Gasteiger partial charge >= 0.3 is 5.97 Å². The molecule has 0 aliphatic rings. The smallest absolute Gasteiger partial charge is 0.337 e. The number of esters is 1. The van der Waals surface area contributed by atoms with E-state index in [1.807, 2.05) is 0 Å². The number of hydrogen-bond donors (Lipinski definition) is 0. The van der Waals surface area contributed by atoms with Gasteiger partial charge in [-0.2, -0.15) is 4.98 Å². The number of nitrogens with zero attached hydrogens (tertiary/aromatic N) is 2. The molecule has 0 aliphatic heterocycles. The normalized spacial score (nSPS) is 10.5. The van der Waals surface area contributed by atoms with Crippen LogP contribution < -0.4 is 0 Å². The van der Waals surface area contributed by atoms with Gasteiger partial charge < -0.3 is 9.26 Å². The molecule has 5 nitrogen and oxygen atoms in total. The summed E-state index contributed by atoms with van der Waals surface area (Å²) in [6.07, 6.45) is 0. The van der Waals surface area contributed by atoms with E-state index in [1.54, 1.807) is 36.4 Å². The van der Waals surface area contributed by atoms with Gasteiger partial charge in [-0.05, 0) is 42.5 Å². The third kappa shape index (κ3) is 2.71. The van der Waals surface area contributed by atoms with Crippen LogP contribution in [0, 0.1) is 5.82 Å². The Bertz CT molecular complexity index is 812. The topological polar surface area (TPSA) is 65.2 Å². The minimum Gasteiger partial charge on any atom is -0.465 e. The summed E-state index contributed by atoms with van der Waals surface area (Å²) >= 11 is 0. The van der Waals surface area contributed by atoms with Gasteiger partial charge in [0.25, 0.3) is 5.89 Å². The van der Waals surface area contributed by atoms with Crippen LogP contribution in [0.25, 0.3) is 22.8 Å². The van der Waals surface area contributed by atoms with E-state index in [4.69, 9.17) is 4.52 Å². The molecule has 0 unspecified atom stereocenters. The first-order valence-electron chi connectivity index (χ1n) is 6.46. The zero-order valence-corrected chi connectivity index (χ0v) is 11.6. The molecule has 6 heteroatoms. The molecule has 0 bridgehead atoms. The Morgan fingerprint density at radius 3 is 2.64 bits per heavy atom. The van der Waals surface area contributed by atoms with Crippen molar-refractivity contribution in [3.63, 3.8) is 0 Å². The molecular formula is C16H11FN2O3. The molecule has 0 saturated heterocycles. The van der Waals surface area contributed by atoms with Crippen molar-refractivity contribution in [1.29, 1.82) is 0 Å². The largest absolute Gasteiger partial charge is 0.465 e. The second kappa shape index (κ2) is 5.77. The highest BCUT2D eigenvalue weighted by Crippen LogP contribution is 2.23. The lowest BCUT2D eigenvalue weighted by Gasteiger charge is -2.00. The number of aromatic nitrogens is 2. The fourth-order valence-electron chi connectivity index (χ4n) is 1.95. The van der Waals surface area contributed by atoms with Crippen molar-refractivity contribution in [2.24, 2.45) is 0 Å². The Morgan fingerprint density at radius 1 is 1.14 bits per heavy atom. The van der Waals surface area contributed by atoms with Crippen LogP contribution in [0.3, 0.4) is 0 Å². The SMILES string of the molecule is COC(=O)c1cccc(-c2nc(-c3ccc(F)cc3)no2)c1. The van der Waals surface area contributed by atoms with Gasteiger partial charge in [-0.25, -0.2) is 9.18 Å². The average Bonchev–Trinajstić information content (AvgIpc) is 3.05. The lowest BCUT2D eigenvalue weighted by atomic mass is 10.1. The lowest BCUT2D eigenvalue weighted by molar-refractivity contribution is 0.0601. The van der Waals surface area contributed by atoms with Crippen LogP contribution in [-0.2, 0) is 4.74 Å². The van der Waals surface area contributed by atoms with Gasteiger partial charge in [-0.1, -0.05) is 11.2 Å². The molecule has 0 atom stereocenters. The van der Waals surface area contributed by atoms with Crippen molar-refractivity contribution in [3.8, 4) is 22.8 Å². The quantitative estimate of drug-likeness (QED) is 0.694. The molecule has 0 N–H and O–H groups in total. The van der Waals surface area contributed by atoms with E-state index < -0.39 is 5.97 Å². The zero-order chi connectivity index (χ0) is 15.5. The summed E-state index contributed by atoms with van der Waals surface area (Å²) in [6, 6.07) is 12.5. The summed E-state index contributed by atoms with van der Waals surface area (Å²) in [5.41, 5.74) is 1.63. The summed E-state index contributed by atoms with van der Waals surface area (Å²) in [5, 5.41) is 3.86. The van der Waals surface area contributed by atoms with Gasteiger partial charge in [0, 0.05) is 11.1 Å². The molecule has 3 aromatic rings. The third-order valence-corrected chi connectivity index (χ3v) is 3.06. The van der Waals surface area contributed by atoms with Crippen molar-refractivity contribution in [3.05, 3.63) is 59.9 Å². The monoisotopic (exact) mass is 298 g/mol. The second-order valence-corrected chi connectivity index (χ2v) is 4.50. The summed E-state index contributed by atoms with van der Waals surface area (Å²) in [6.45, 7) is 0. The summed E-state index contributed by atoms with van der Waals surface area (Å²) < 4.78 is 22.8. The molecule has 0 fully saturated rings. The highest BCUT2D eigenvalue weighted by molar-refractivity contribution is 5.90. The summed E-state index contributed by atoms with van der Waals surface area (Å²) in [7, 11) is 1.31. The summed E-state index contributed by atoms with van der Waals surface area (Å²) in [5.74, 6) is -0.165. The van der Waals surface area contributed by atoms with Gasteiger partial charge in [-0.15, -0.1) is 0 Å². The first kappa shape index (κ1) is 13.9. The predicted molar refractivity (Wildman–Crippen MR) is 76.5 cm³/mol. The van der Waals surface area contributed by atoms with Crippen LogP contribution in [0.4, 0.5) is 4.39 Å². The van der Waals surface area contributed by atoms with E-state index in [-0.39, 0.29) is 11.7 Å². The highest BCUT2D eigenvalue weighted by atomic mass is 19.1. The molecule has 0 amide bonds. The van der Waals surface area contributed by atoms with Gasteiger partial charge in [-0.3, -0.25) is 0 Å². The van der Waals surface area contributed by atoms with E-state index in [9.17, 15) is 9.18 Å². The number of ether oxygens (including phenoxy) is 1. The maximum absolute atomic E-state index is 12.9. The average molecular weight is 298 g/mol. The van der Waals surface area contributed by atoms with Crippen LogP contribution in [0.15, 0.2) is 53.1 Å². The molecule has 0 aliphatic carbocycles. The Morgan fingerprint density at radius 2 is 1.91 bits per heavy atom. The highest BCUT2D eigenvalue weighted by Gasteiger charge is 2.13. The number of halogens is 1. The minimum atomic E-state index is -0.444. The van der Waals surface area contributed by atoms with E-state index in [0.29, 0.717) is 22.5 Å². The molecule has 1 heterocycles. The standard InChI is InChI=1S/C16H11FN2O3/c1-21-16(20)12-4-2-3-11(9-12)15-18-14(19-22-15)10-5-7-13(17)8-6-10/h2-9H,1H3. The van der Waals surface area contributed by atoms with Crippen molar-refractivity contribution < 1.29 is 18.4 Å². The fraction of sp³-hybridized carbons (Fsp3) is 0.0625. The van der Waals surface area contributed by atoms with Crippen LogP contribution >= 0.6 is 0 Å². The molecule has 0 saturated carbocycles. The van der Waals surface area contributed by atoms with Crippen molar-refractivity contribution in [1.82, 2.24) is 10.1 Å². The first-order valence-corrected chi connectivity index (χ1v) is 6.46.